The molecule has 3 saturated carbocycles. The second kappa shape index (κ2) is 3.58. The predicted molar refractivity (Wildman–Crippen MR) is 62.0 cm³/mol. The van der Waals surface area contributed by atoms with Crippen molar-refractivity contribution in [3.8, 4) is 0 Å². The molecule has 0 aromatic heterocycles. The molecule has 0 amide bonds. The molecule has 0 heterocycles. The van der Waals surface area contributed by atoms with Gasteiger partial charge >= 0.3 is 0 Å². The van der Waals surface area contributed by atoms with E-state index in [1.807, 2.05) is 6.92 Å². The van der Waals surface area contributed by atoms with Crippen LogP contribution >= 0.6 is 11.6 Å². The summed E-state index contributed by atoms with van der Waals surface area (Å²) >= 11 is 6.16. The van der Waals surface area contributed by atoms with Crippen LogP contribution < -0.4 is 0 Å². The molecular weight excluding hydrogens is 224 g/mol. The first kappa shape index (κ1) is 10.8. The molecule has 0 spiro atoms. The summed E-state index contributed by atoms with van der Waals surface area (Å²) in [6, 6.07) is 0. The number of hydrogen-bond donors (Lipinski definition) is 1. The van der Waals surface area contributed by atoms with Crippen molar-refractivity contribution in [2.24, 2.45) is 23.7 Å². The fourth-order valence-corrected chi connectivity index (χ4v) is 4.62. The zero-order valence-corrected chi connectivity index (χ0v) is 10.2. The summed E-state index contributed by atoms with van der Waals surface area (Å²) in [5, 5.41) is 11.0. The van der Waals surface area contributed by atoms with Gasteiger partial charge in [0.15, 0.2) is 0 Å². The van der Waals surface area contributed by atoms with E-state index < -0.39 is 0 Å². The molecule has 3 fully saturated rings. The summed E-state index contributed by atoms with van der Waals surface area (Å²) in [4.78, 5) is 12.0. The number of allylic oxidation sites excluding steroid dienone is 2. The van der Waals surface area contributed by atoms with Gasteiger partial charge in [0.05, 0.1) is 6.10 Å². The summed E-state index contributed by atoms with van der Waals surface area (Å²) in [7, 11) is 0. The lowest BCUT2D eigenvalue weighted by molar-refractivity contribution is -0.133. The second-order valence-electron chi connectivity index (χ2n) is 5.45. The highest BCUT2D eigenvalue weighted by molar-refractivity contribution is 6.29. The molecule has 0 aliphatic heterocycles. The highest BCUT2D eigenvalue weighted by Gasteiger charge is 2.57. The maximum atomic E-state index is 12.0. The van der Waals surface area contributed by atoms with Crippen LogP contribution in [-0.4, -0.2) is 17.0 Å². The fourth-order valence-electron chi connectivity index (χ4n) is 4.34. The zero-order valence-electron chi connectivity index (χ0n) is 9.45. The average molecular weight is 241 g/mol. The van der Waals surface area contributed by atoms with Crippen LogP contribution in [0.1, 0.15) is 32.6 Å². The molecule has 0 aromatic rings. The third-order valence-corrected chi connectivity index (χ3v) is 5.02. The van der Waals surface area contributed by atoms with E-state index in [1.54, 1.807) is 0 Å². The van der Waals surface area contributed by atoms with Crippen molar-refractivity contribution in [2.45, 2.75) is 38.7 Å². The lowest BCUT2D eigenvalue weighted by Gasteiger charge is -2.36. The van der Waals surface area contributed by atoms with Gasteiger partial charge in [-0.15, -0.1) is 0 Å². The van der Waals surface area contributed by atoms with Crippen LogP contribution in [0.15, 0.2) is 10.6 Å². The van der Waals surface area contributed by atoms with E-state index in [0.29, 0.717) is 30.5 Å². The third-order valence-electron chi connectivity index (χ3n) is 4.80. The molecular formula is C13H17ClO2. The summed E-state index contributed by atoms with van der Waals surface area (Å²) in [5.74, 6) is 1.33. The highest BCUT2D eigenvalue weighted by Crippen LogP contribution is 2.60. The number of rotatable bonds is 0. The van der Waals surface area contributed by atoms with Crippen LogP contribution in [0.5, 0.6) is 0 Å². The number of Topliss-reactive ketones (excluding diaryl/α,β-unsaturated/α-hetero) is 1. The Morgan fingerprint density at radius 3 is 2.62 bits per heavy atom. The molecule has 3 aliphatic carbocycles. The highest BCUT2D eigenvalue weighted by atomic mass is 35.5. The molecule has 0 radical (unpaired) electrons. The van der Waals surface area contributed by atoms with Crippen molar-refractivity contribution in [3.63, 3.8) is 0 Å². The van der Waals surface area contributed by atoms with Crippen molar-refractivity contribution >= 4 is 17.4 Å². The summed E-state index contributed by atoms with van der Waals surface area (Å²) < 4.78 is 0. The van der Waals surface area contributed by atoms with E-state index in [4.69, 9.17) is 11.6 Å². The molecule has 16 heavy (non-hydrogen) atoms. The molecule has 2 unspecified atom stereocenters. The number of carbonyl (C=O) groups excluding carboxylic acids is 1. The maximum Gasteiger partial charge on any atom is 0.137 e. The number of halogens is 1. The van der Waals surface area contributed by atoms with Crippen molar-refractivity contribution < 1.29 is 9.90 Å². The minimum atomic E-state index is -0.288. The summed E-state index contributed by atoms with van der Waals surface area (Å²) in [6.45, 7) is 1.93. The molecule has 3 rings (SSSR count). The Hall–Kier alpha value is -0.340. The van der Waals surface area contributed by atoms with E-state index in [2.05, 4.69) is 0 Å². The third kappa shape index (κ3) is 1.26. The Balaban J connectivity index is 2.04. The lowest BCUT2D eigenvalue weighted by Crippen LogP contribution is -2.41. The van der Waals surface area contributed by atoms with Gasteiger partial charge in [0, 0.05) is 23.3 Å². The van der Waals surface area contributed by atoms with Gasteiger partial charge in [-0.05, 0) is 43.6 Å². The predicted octanol–water partition coefficient (Wildman–Crippen LogP) is 2.50. The minimum Gasteiger partial charge on any atom is -0.393 e. The van der Waals surface area contributed by atoms with Gasteiger partial charge in [-0.2, -0.15) is 0 Å². The van der Waals surface area contributed by atoms with Crippen LogP contribution in [0.3, 0.4) is 0 Å². The molecule has 3 aliphatic rings. The van der Waals surface area contributed by atoms with E-state index in [-0.39, 0.29) is 17.9 Å². The number of hydrogen-bond acceptors (Lipinski definition) is 2. The Bertz CT molecular complexity index is 370. The quantitative estimate of drug-likeness (QED) is 0.707. The number of aliphatic hydroxyl groups is 1. The van der Waals surface area contributed by atoms with Gasteiger partial charge in [-0.3, -0.25) is 4.79 Å². The monoisotopic (exact) mass is 240 g/mol. The Morgan fingerprint density at radius 1 is 1.31 bits per heavy atom. The van der Waals surface area contributed by atoms with Crippen LogP contribution in [0.2, 0.25) is 0 Å². The van der Waals surface area contributed by atoms with Gasteiger partial charge in [-0.1, -0.05) is 11.6 Å². The largest absolute Gasteiger partial charge is 0.393 e. The Morgan fingerprint density at radius 2 is 2.00 bits per heavy atom. The normalized spacial score (nSPS) is 49.4. The van der Waals surface area contributed by atoms with E-state index >= 15 is 0 Å². The molecule has 1 N–H and O–H groups in total. The number of carbonyl (C=O) groups is 1. The van der Waals surface area contributed by atoms with Crippen molar-refractivity contribution in [2.75, 3.05) is 0 Å². The van der Waals surface area contributed by atoms with Gasteiger partial charge in [0.2, 0.25) is 0 Å². The number of ketones is 1. The first-order chi connectivity index (χ1) is 7.61. The van der Waals surface area contributed by atoms with Crippen LogP contribution in [-0.2, 0) is 4.79 Å². The molecule has 2 nitrogen and oxygen atoms in total. The van der Waals surface area contributed by atoms with E-state index in [0.717, 1.165) is 17.9 Å². The first-order valence-corrected chi connectivity index (χ1v) is 6.56. The summed E-state index contributed by atoms with van der Waals surface area (Å²) in [5.41, 5.74) is 1.28. The Labute approximate surface area is 101 Å². The lowest BCUT2D eigenvalue weighted by atomic mass is 9.69. The van der Waals surface area contributed by atoms with E-state index in [1.165, 1.54) is 5.57 Å². The molecule has 5 atom stereocenters. The fraction of sp³-hybridized carbons (Fsp3) is 0.769. The smallest absolute Gasteiger partial charge is 0.137 e. The van der Waals surface area contributed by atoms with Crippen molar-refractivity contribution in [1.82, 2.24) is 0 Å². The molecule has 88 valence electrons. The van der Waals surface area contributed by atoms with E-state index in [9.17, 15) is 9.90 Å². The average Bonchev–Trinajstić information content (AvgIpc) is 2.79. The second-order valence-corrected chi connectivity index (χ2v) is 6.02. The van der Waals surface area contributed by atoms with Crippen LogP contribution in [0.25, 0.3) is 0 Å². The molecule has 0 aromatic carbocycles. The molecule has 0 saturated heterocycles. The van der Waals surface area contributed by atoms with Crippen molar-refractivity contribution in [3.05, 3.63) is 10.6 Å². The van der Waals surface area contributed by atoms with Crippen LogP contribution in [0, 0.1) is 23.7 Å². The standard InChI is InChI=1S/C13H17ClO2/c1-6(14)11-7-2-3-8(11)13-10(16)5-4-9(15)12(7)13/h7-9,12-13,15H,2-5H2,1H3/b11-6+/t7?,8?,9-,12-,13+/m0/s1. The topological polar surface area (TPSA) is 37.3 Å². The molecule has 3 heteroatoms. The van der Waals surface area contributed by atoms with Gasteiger partial charge in [0.25, 0.3) is 0 Å². The Kier molecular flexibility index (Phi) is 2.41. The van der Waals surface area contributed by atoms with Crippen molar-refractivity contribution in [1.29, 1.82) is 0 Å². The maximum absolute atomic E-state index is 12.0. The summed E-state index contributed by atoms with van der Waals surface area (Å²) in [6.07, 6.45) is 3.11. The minimum absolute atomic E-state index is 0.0752. The molecule has 2 bridgehead atoms. The van der Waals surface area contributed by atoms with Crippen LogP contribution in [0.4, 0.5) is 0 Å². The van der Waals surface area contributed by atoms with Gasteiger partial charge < -0.3 is 5.11 Å². The SMILES string of the molecule is C/C(Cl)=C1/C2CCC1[C@@H]1C(=O)CC[C@H](O)[C@H]21. The first-order valence-electron chi connectivity index (χ1n) is 6.18. The van der Waals surface area contributed by atoms with Gasteiger partial charge in [0.1, 0.15) is 5.78 Å². The number of fused-ring (bicyclic) bond motifs is 5. The zero-order chi connectivity index (χ0) is 11.4. The number of aliphatic hydroxyl groups excluding tert-OH is 1. The van der Waals surface area contributed by atoms with Gasteiger partial charge in [-0.25, -0.2) is 0 Å².